The molecule has 0 aliphatic rings. The fourth-order valence-electron chi connectivity index (χ4n) is 1.04. The highest BCUT2D eigenvalue weighted by Gasteiger charge is 2.10. The van der Waals surface area contributed by atoms with Crippen molar-refractivity contribution in [2.45, 2.75) is 12.8 Å². The molecule has 2 aromatic rings. The van der Waals surface area contributed by atoms with E-state index in [9.17, 15) is 0 Å². The Morgan fingerprint density at radius 3 is 3.00 bits per heavy atom. The van der Waals surface area contributed by atoms with Gasteiger partial charge in [-0.25, -0.2) is 0 Å². The van der Waals surface area contributed by atoms with Gasteiger partial charge in [0.15, 0.2) is 11.5 Å². The molecule has 0 aliphatic heterocycles. The molecule has 0 fully saturated rings. The second kappa shape index (κ2) is 4.01. The number of aryl methyl sites for hydroxylation is 1. The van der Waals surface area contributed by atoms with Crippen molar-refractivity contribution in [3.63, 3.8) is 0 Å². The summed E-state index contributed by atoms with van der Waals surface area (Å²) < 4.78 is 9.64. The van der Waals surface area contributed by atoms with E-state index in [0.29, 0.717) is 24.0 Å². The van der Waals surface area contributed by atoms with Crippen LogP contribution in [0, 0.1) is 0 Å². The minimum absolute atomic E-state index is 0.380. The van der Waals surface area contributed by atoms with Crippen LogP contribution in [0.2, 0.25) is 0 Å². The van der Waals surface area contributed by atoms with E-state index in [1.807, 2.05) is 0 Å². The highest BCUT2D eigenvalue weighted by Crippen LogP contribution is 2.14. The lowest BCUT2D eigenvalue weighted by Crippen LogP contribution is -2.01. The first-order valence-corrected chi connectivity index (χ1v) is 4.33. The van der Waals surface area contributed by atoms with Gasteiger partial charge in [0.25, 0.3) is 5.89 Å². The van der Waals surface area contributed by atoms with Gasteiger partial charge in [-0.1, -0.05) is 10.3 Å². The summed E-state index contributed by atoms with van der Waals surface area (Å²) >= 11 is 0. The van der Waals surface area contributed by atoms with Gasteiger partial charge in [-0.15, -0.1) is 0 Å². The van der Waals surface area contributed by atoms with Crippen molar-refractivity contribution in [3.05, 3.63) is 18.2 Å². The predicted octanol–water partition coefficient (Wildman–Crippen LogP) is 0.616. The molecule has 0 spiro atoms. The largest absolute Gasteiger partial charge is 0.364 e. The number of nitrogens with zero attached hydrogens (tertiary/aromatic N) is 3. The molecule has 74 valence electrons. The van der Waals surface area contributed by atoms with Crippen molar-refractivity contribution in [3.8, 4) is 11.6 Å². The van der Waals surface area contributed by atoms with Crippen LogP contribution < -0.4 is 5.73 Å². The third kappa shape index (κ3) is 1.80. The minimum atomic E-state index is 0.380. The number of hydrogen-bond donors (Lipinski definition) is 1. The van der Waals surface area contributed by atoms with Crippen LogP contribution >= 0.6 is 0 Å². The average molecular weight is 194 g/mol. The Balaban J connectivity index is 2.10. The van der Waals surface area contributed by atoms with Crippen LogP contribution in [-0.2, 0) is 6.42 Å². The van der Waals surface area contributed by atoms with E-state index in [4.69, 9.17) is 10.3 Å². The Morgan fingerprint density at radius 2 is 2.29 bits per heavy atom. The molecule has 0 atom stereocenters. The molecule has 0 amide bonds. The Morgan fingerprint density at radius 1 is 1.36 bits per heavy atom. The van der Waals surface area contributed by atoms with Crippen LogP contribution in [0.15, 0.2) is 21.4 Å². The zero-order valence-electron chi connectivity index (χ0n) is 7.51. The Bertz CT molecular complexity index is 382. The Labute approximate surface area is 80.1 Å². The molecule has 0 aliphatic carbocycles. The van der Waals surface area contributed by atoms with Gasteiger partial charge in [-0.05, 0) is 13.0 Å². The minimum Gasteiger partial charge on any atom is -0.364 e. The van der Waals surface area contributed by atoms with E-state index in [1.165, 1.54) is 6.26 Å². The van der Waals surface area contributed by atoms with E-state index >= 15 is 0 Å². The highest BCUT2D eigenvalue weighted by molar-refractivity contribution is 5.43. The van der Waals surface area contributed by atoms with Crippen LogP contribution in [0.5, 0.6) is 0 Å². The van der Waals surface area contributed by atoms with Crippen molar-refractivity contribution < 1.29 is 9.05 Å². The Hall–Kier alpha value is -1.69. The lowest BCUT2D eigenvalue weighted by molar-refractivity contribution is 0.401. The molecule has 2 aromatic heterocycles. The monoisotopic (exact) mass is 194 g/mol. The number of aromatic nitrogens is 3. The molecule has 0 bridgehead atoms. The molecule has 2 N–H and O–H groups in total. The summed E-state index contributed by atoms with van der Waals surface area (Å²) in [6, 6.07) is 1.67. The summed E-state index contributed by atoms with van der Waals surface area (Å²) in [6.45, 7) is 0.619. The van der Waals surface area contributed by atoms with Gasteiger partial charge in [0, 0.05) is 12.5 Å². The molecule has 2 heterocycles. The van der Waals surface area contributed by atoms with Crippen molar-refractivity contribution in [1.82, 2.24) is 15.3 Å². The number of nitrogens with two attached hydrogens (primary N) is 1. The first kappa shape index (κ1) is 8.89. The van der Waals surface area contributed by atoms with Gasteiger partial charge in [0.05, 0.1) is 0 Å². The van der Waals surface area contributed by atoms with E-state index in [2.05, 4.69) is 19.8 Å². The maximum absolute atomic E-state index is 5.36. The van der Waals surface area contributed by atoms with Crippen molar-refractivity contribution >= 4 is 0 Å². The number of hydrogen-bond acceptors (Lipinski definition) is 6. The van der Waals surface area contributed by atoms with Gasteiger partial charge in [-0.3, -0.25) is 0 Å². The summed E-state index contributed by atoms with van der Waals surface area (Å²) in [5.41, 5.74) is 5.92. The first-order chi connectivity index (χ1) is 6.90. The van der Waals surface area contributed by atoms with Gasteiger partial charge >= 0.3 is 0 Å². The molecular weight excluding hydrogens is 184 g/mol. The van der Waals surface area contributed by atoms with Crippen molar-refractivity contribution in [2.75, 3.05) is 6.54 Å². The first-order valence-electron chi connectivity index (χ1n) is 4.33. The molecule has 0 saturated carbocycles. The van der Waals surface area contributed by atoms with Gasteiger partial charge < -0.3 is 14.8 Å². The fraction of sp³-hybridized carbons (Fsp3) is 0.375. The summed E-state index contributed by atoms with van der Waals surface area (Å²) in [7, 11) is 0. The second-order valence-corrected chi connectivity index (χ2v) is 2.79. The second-order valence-electron chi connectivity index (χ2n) is 2.79. The molecule has 6 heteroatoms. The van der Waals surface area contributed by atoms with Gasteiger partial charge in [0.1, 0.15) is 6.26 Å². The number of rotatable bonds is 4. The molecule has 14 heavy (non-hydrogen) atoms. The average Bonchev–Trinajstić information content (AvgIpc) is 2.85. The van der Waals surface area contributed by atoms with Gasteiger partial charge in [0.2, 0.25) is 0 Å². The molecule has 2 rings (SSSR count). The standard InChI is InChI=1S/C8H10N4O2/c9-4-1-2-7-10-8(14-12-7)6-3-5-13-11-6/h3,5H,1-2,4,9H2. The molecule has 6 nitrogen and oxygen atoms in total. The lowest BCUT2D eigenvalue weighted by atomic mass is 10.3. The Kier molecular flexibility index (Phi) is 2.55. The zero-order valence-corrected chi connectivity index (χ0v) is 7.51. The third-order valence-corrected chi connectivity index (χ3v) is 1.73. The van der Waals surface area contributed by atoms with Crippen LogP contribution in [-0.4, -0.2) is 21.8 Å². The fourth-order valence-corrected chi connectivity index (χ4v) is 1.04. The van der Waals surface area contributed by atoms with Crippen molar-refractivity contribution in [1.29, 1.82) is 0 Å². The van der Waals surface area contributed by atoms with Crippen LogP contribution in [0.25, 0.3) is 11.6 Å². The van der Waals surface area contributed by atoms with Crippen LogP contribution in [0.4, 0.5) is 0 Å². The molecular formula is C8H10N4O2. The molecule has 0 radical (unpaired) electrons. The summed E-state index contributed by atoms with van der Waals surface area (Å²) in [5.74, 6) is 1.03. The maximum atomic E-state index is 5.36. The van der Waals surface area contributed by atoms with E-state index in [-0.39, 0.29) is 0 Å². The summed E-state index contributed by atoms with van der Waals surface area (Å²) in [4.78, 5) is 4.13. The van der Waals surface area contributed by atoms with Crippen LogP contribution in [0.1, 0.15) is 12.2 Å². The predicted molar refractivity (Wildman–Crippen MR) is 47.2 cm³/mol. The molecule has 0 aromatic carbocycles. The lowest BCUT2D eigenvalue weighted by Gasteiger charge is -1.87. The highest BCUT2D eigenvalue weighted by atomic mass is 16.5. The van der Waals surface area contributed by atoms with Crippen molar-refractivity contribution in [2.24, 2.45) is 5.73 Å². The maximum Gasteiger partial charge on any atom is 0.280 e. The molecule has 0 unspecified atom stereocenters. The summed E-state index contributed by atoms with van der Waals surface area (Å²) in [6.07, 6.45) is 3.02. The topological polar surface area (TPSA) is 91.0 Å². The SMILES string of the molecule is NCCCc1noc(-c2ccon2)n1. The van der Waals surface area contributed by atoms with E-state index < -0.39 is 0 Å². The van der Waals surface area contributed by atoms with Crippen LogP contribution in [0.3, 0.4) is 0 Å². The smallest absolute Gasteiger partial charge is 0.280 e. The van der Waals surface area contributed by atoms with Gasteiger partial charge in [-0.2, -0.15) is 4.98 Å². The summed E-state index contributed by atoms with van der Waals surface area (Å²) in [5, 5.41) is 7.47. The normalized spacial score (nSPS) is 10.6. The zero-order chi connectivity index (χ0) is 9.80. The van der Waals surface area contributed by atoms with E-state index in [1.54, 1.807) is 6.07 Å². The van der Waals surface area contributed by atoms with E-state index in [0.717, 1.165) is 12.8 Å². The third-order valence-electron chi connectivity index (χ3n) is 1.73. The molecule has 0 saturated heterocycles. The quantitative estimate of drug-likeness (QED) is 0.766.